The molecule has 0 saturated carbocycles. The van der Waals surface area contributed by atoms with Crippen molar-refractivity contribution in [3.05, 3.63) is 142 Å². The number of aromatic nitrogens is 4. The first-order valence-corrected chi connectivity index (χ1v) is 16.5. The minimum Gasteiger partial charge on any atom is -0.493 e. The van der Waals surface area contributed by atoms with Crippen LogP contribution in [0.4, 0.5) is 11.4 Å². The van der Waals surface area contributed by atoms with E-state index in [0.717, 1.165) is 35.3 Å². The molecule has 6 aromatic rings. The number of aromatic carboxylic acids is 2. The van der Waals surface area contributed by atoms with Gasteiger partial charge in [0.05, 0.1) is 56.4 Å². The van der Waals surface area contributed by atoms with Gasteiger partial charge in [0.15, 0.2) is 0 Å². The van der Waals surface area contributed by atoms with E-state index in [1.165, 1.54) is 33.9 Å². The maximum Gasteiger partial charge on any atom is 0.337 e. The molecule has 6 rings (SSSR count). The van der Waals surface area contributed by atoms with Gasteiger partial charge < -0.3 is 20.4 Å². The molecule has 4 N–H and O–H groups in total. The predicted molar refractivity (Wildman–Crippen MR) is 200 cm³/mol. The molecule has 4 aromatic carbocycles. The third kappa shape index (κ3) is 9.15. The van der Waals surface area contributed by atoms with Crippen molar-refractivity contribution in [3.8, 4) is 23.1 Å². The van der Waals surface area contributed by atoms with Gasteiger partial charge in [0.25, 0.3) is 0 Å². The topological polar surface area (TPSA) is 175 Å². The summed E-state index contributed by atoms with van der Waals surface area (Å²) < 4.78 is 2.91. The zero-order chi connectivity index (χ0) is 37.4. The molecule has 0 radical (unpaired) electrons. The molecule has 0 fully saturated rings. The summed E-state index contributed by atoms with van der Waals surface area (Å²) in [5.41, 5.74) is 6.74. The molecule has 0 bridgehead atoms. The molecule has 2 heterocycles. The number of carboxylic acids is 2. The summed E-state index contributed by atoms with van der Waals surface area (Å²) in [4.78, 5) is 31.0. The van der Waals surface area contributed by atoms with Crippen LogP contribution in [0.25, 0.3) is 11.4 Å². The summed E-state index contributed by atoms with van der Waals surface area (Å²) in [6.45, 7) is 7.66. The largest absolute Gasteiger partial charge is 0.493 e. The third-order valence-electron chi connectivity index (χ3n) is 8.22. The van der Waals surface area contributed by atoms with E-state index in [4.69, 9.17) is 0 Å². The number of rotatable bonds is 10. The molecular weight excluding hydrogens is 712 g/mol. The summed E-state index contributed by atoms with van der Waals surface area (Å²) >= 11 is 0. The third-order valence-corrected chi connectivity index (χ3v) is 8.22. The Morgan fingerprint density at radius 2 is 1.00 bits per heavy atom. The fourth-order valence-electron chi connectivity index (χ4n) is 5.34. The molecular formula is C40H38CrN6O6. The van der Waals surface area contributed by atoms with Crippen molar-refractivity contribution in [3.63, 3.8) is 0 Å². The Labute approximate surface area is 317 Å². The first kappa shape index (κ1) is 39.5. The van der Waals surface area contributed by atoms with Crippen molar-refractivity contribution >= 4 is 35.7 Å². The normalized spacial score (nSPS) is 10.9. The van der Waals surface area contributed by atoms with Crippen LogP contribution in [0.2, 0.25) is 0 Å². The summed E-state index contributed by atoms with van der Waals surface area (Å²) in [5, 5.41) is 48.4. The molecule has 13 heteroatoms. The van der Waals surface area contributed by atoms with Gasteiger partial charge in [0.2, 0.25) is 11.8 Å². The van der Waals surface area contributed by atoms with Gasteiger partial charge >= 0.3 is 11.9 Å². The Balaban J connectivity index is 0.000000232. The second-order valence-electron chi connectivity index (χ2n) is 11.7. The van der Waals surface area contributed by atoms with Crippen LogP contribution >= 0.6 is 0 Å². The van der Waals surface area contributed by atoms with E-state index in [0.29, 0.717) is 33.9 Å². The molecule has 0 aliphatic carbocycles. The van der Waals surface area contributed by atoms with E-state index in [1.807, 2.05) is 48.5 Å². The summed E-state index contributed by atoms with van der Waals surface area (Å²) in [6.07, 6.45) is 4.66. The first-order chi connectivity index (χ1) is 25.0. The smallest absolute Gasteiger partial charge is 0.337 e. The molecule has 12 nitrogen and oxygen atoms in total. The van der Waals surface area contributed by atoms with Gasteiger partial charge in [0.1, 0.15) is 0 Å². The SMILES string of the molecule is CCc1cccc(-n2nc(C)c(C=Nc3ccccc3C(=O)O)c2O)c1.CCc1cccc(-n2nc(C)c(C=Nc3ccccc3C(=O)O)c2O)c1.[Cr]. The van der Waals surface area contributed by atoms with E-state index < -0.39 is 11.9 Å². The van der Waals surface area contributed by atoms with Crippen molar-refractivity contribution in [1.29, 1.82) is 0 Å². The number of carboxylic acid groups (broad SMARTS) is 2. The molecule has 0 spiro atoms. The molecule has 0 unspecified atom stereocenters. The number of aryl methyl sites for hydroxylation is 4. The van der Waals surface area contributed by atoms with Gasteiger partial charge in [-0.15, -0.1) is 0 Å². The summed E-state index contributed by atoms with van der Waals surface area (Å²) in [6, 6.07) is 28.4. The monoisotopic (exact) mass is 750 g/mol. The summed E-state index contributed by atoms with van der Waals surface area (Å²) in [5.74, 6) is -2.17. The zero-order valence-electron chi connectivity index (χ0n) is 29.5. The summed E-state index contributed by atoms with van der Waals surface area (Å²) in [7, 11) is 0. The number of carbonyl (C=O) groups is 2. The number of aliphatic imine (C=N–C) groups is 2. The van der Waals surface area contributed by atoms with Crippen molar-refractivity contribution in [2.75, 3.05) is 0 Å². The maximum atomic E-state index is 11.3. The molecule has 0 saturated heterocycles. The van der Waals surface area contributed by atoms with Crippen molar-refractivity contribution in [1.82, 2.24) is 19.6 Å². The van der Waals surface area contributed by atoms with Gasteiger partial charge in [-0.05, 0) is 86.3 Å². The molecule has 0 atom stereocenters. The van der Waals surface area contributed by atoms with Crippen molar-refractivity contribution in [2.45, 2.75) is 40.5 Å². The Bertz CT molecular complexity index is 2150. The standard InChI is InChI=1S/2C20H19N3O3.Cr/c2*1-3-14-7-6-8-15(11-14)23-19(24)17(13(2)22-23)12-21-18-10-5-4-9-16(18)20(25)26;/h2*4-12,24H,3H2,1-2H3,(H,25,26);. The maximum absolute atomic E-state index is 11.3. The Kier molecular flexibility index (Phi) is 13.2. The Morgan fingerprint density at radius 3 is 1.36 bits per heavy atom. The van der Waals surface area contributed by atoms with Gasteiger partial charge in [-0.1, -0.05) is 62.4 Å². The fourth-order valence-corrected chi connectivity index (χ4v) is 5.34. The van der Waals surface area contributed by atoms with E-state index in [2.05, 4.69) is 34.0 Å². The molecule has 2 aromatic heterocycles. The van der Waals surface area contributed by atoms with Crippen LogP contribution in [0.3, 0.4) is 0 Å². The van der Waals surface area contributed by atoms with E-state index >= 15 is 0 Å². The average molecular weight is 751 g/mol. The van der Waals surface area contributed by atoms with Crippen LogP contribution in [0.15, 0.2) is 107 Å². The molecule has 0 aliphatic rings. The number of hydrogen-bond acceptors (Lipinski definition) is 8. The molecule has 270 valence electrons. The van der Waals surface area contributed by atoms with Crippen molar-refractivity contribution in [2.24, 2.45) is 9.98 Å². The molecule has 53 heavy (non-hydrogen) atoms. The van der Waals surface area contributed by atoms with Crippen LogP contribution in [-0.2, 0) is 30.2 Å². The Morgan fingerprint density at radius 1 is 0.623 bits per heavy atom. The Hall–Kier alpha value is -6.29. The second-order valence-corrected chi connectivity index (χ2v) is 11.7. The van der Waals surface area contributed by atoms with Crippen molar-refractivity contribution < 1.29 is 47.4 Å². The fraction of sp³-hybridized carbons (Fsp3) is 0.150. The van der Waals surface area contributed by atoms with Crippen LogP contribution < -0.4 is 0 Å². The molecule has 0 amide bonds. The van der Waals surface area contributed by atoms with Gasteiger partial charge in [0, 0.05) is 29.8 Å². The number of hydrogen-bond donors (Lipinski definition) is 4. The van der Waals surface area contributed by atoms with Crippen LogP contribution in [-0.4, -0.2) is 64.4 Å². The van der Waals surface area contributed by atoms with Gasteiger partial charge in [-0.25, -0.2) is 19.0 Å². The zero-order valence-corrected chi connectivity index (χ0v) is 30.8. The van der Waals surface area contributed by atoms with Crippen LogP contribution in [0.1, 0.15) is 68.2 Å². The van der Waals surface area contributed by atoms with Gasteiger partial charge in [-0.2, -0.15) is 10.2 Å². The number of benzene rings is 4. The average Bonchev–Trinajstić information content (AvgIpc) is 3.61. The predicted octanol–water partition coefficient (Wildman–Crippen LogP) is 7.79. The van der Waals surface area contributed by atoms with Crippen LogP contribution in [0, 0.1) is 13.8 Å². The number of aromatic hydroxyl groups is 2. The minimum atomic E-state index is -1.05. The minimum absolute atomic E-state index is 0. The molecule has 0 aliphatic heterocycles. The second kappa shape index (κ2) is 17.8. The number of nitrogens with zero attached hydrogens (tertiary/aromatic N) is 6. The van der Waals surface area contributed by atoms with Crippen LogP contribution in [0.5, 0.6) is 11.8 Å². The quantitative estimate of drug-likeness (QED) is 0.103. The number of para-hydroxylation sites is 2. The van der Waals surface area contributed by atoms with E-state index in [1.54, 1.807) is 50.2 Å². The van der Waals surface area contributed by atoms with Gasteiger partial charge in [-0.3, -0.25) is 9.98 Å². The van der Waals surface area contributed by atoms with E-state index in [-0.39, 0.29) is 40.2 Å². The van der Waals surface area contributed by atoms with E-state index in [9.17, 15) is 30.0 Å². The first-order valence-electron chi connectivity index (χ1n) is 16.5.